The molecule has 0 aliphatic carbocycles. The van der Waals surface area contributed by atoms with Crippen LogP contribution in [0.3, 0.4) is 0 Å². The maximum absolute atomic E-state index is 12.7. The quantitative estimate of drug-likeness (QED) is 0.780. The summed E-state index contributed by atoms with van der Waals surface area (Å²) in [6, 6.07) is 17.3. The fraction of sp³-hybridized carbons (Fsp3) is 0.176. The van der Waals surface area contributed by atoms with E-state index in [2.05, 4.69) is 25.9 Å². The predicted molar refractivity (Wildman–Crippen MR) is 85.8 cm³/mol. The molecule has 1 heterocycles. The first-order chi connectivity index (χ1) is 11.2. The second kappa shape index (κ2) is 6.83. The van der Waals surface area contributed by atoms with Crippen molar-refractivity contribution in [2.24, 2.45) is 0 Å². The van der Waals surface area contributed by atoms with E-state index in [1.807, 2.05) is 61.5 Å². The van der Waals surface area contributed by atoms with Crippen LogP contribution in [0.25, 0.3) is 0 Å². The van der Waals surface area contributed by atoms with Crippen molar-refractivity contribution in [1.82, 2.24) is 20.6 Å². The van der Waals surface area contributed by atoms with Crippen molar-refractivity contribution in [1.29, 1.82) is 0 Å². The zero-order valence-corrected chi connectivity index (χ0v) is 12.7. The van der Waals surface area contributed by atoms with Gasteiger partial charge >= 0.3 is 0 Å². The number of benzene rings is 2. The number of aryl methyl sites for hydroxylation is 1. The summed E-state index contributed by atoms with van der Waals surface area (Å²) in [6.45, 7) is 2.02. The van der Waals surface area contributed by atoms with Gasteiger partial charge in [-0.3, -0.25) is 15.1 Å². The molecule has 1 amide bonds. The summed E-state index contributed by atoms with van der Waals surface area (Å²) in [7, 11) is 0. The number of carbonyl (C=O) groups is 1. The molecular formula is C17H16N5O-. The molecule has 0 bridgehead atoms. The van der Waals surface area contributed by atoms with Gasteiger partial charge in [-0.2, -0.15) is 5.21 Å². The van der Waals surface area contributed by atoms with Crippen molar-refractivity contribution in [3.63, 3.8) is 0 Å². The third kappa shape index (κ3) is 3.79. The van der Waals surface area contributed by atoms with E-state index in [0.29, 0.717) is 12.2 Å². The van der Waals surface area contributed by atoms with Gasteiger partial charge in [0.1, 0.15) is 0 Å². The normalized spacial score (nSPS) is 11.9. The zero-order valence-electron chi connectivity index (χ0n) is 12.7. The number of hydrogen-bond donors (Lipinski definition) is 1. The molecule has 1 aromatic heterocycles. The monoisotopic (exact) mass is 306 g/mol. The third-order valence-corrected chi connectivity index (χ3v) is 3.53. The van der Waals surface area contributed by atoms with Crippen LogP contribution in [0, 0.1) is 6.92 Å². The summed E-state index contributed by atoms with van der Waals surface area (Å²) in [5, 5.41) is 17.6. The Kier molecular flexibility index (Phi) is 4.42. The van der Waals surface area contributed by atoms with E-state index in [-0.39, 0.29) is 5.91 Å². The van der Waals surface area contributed by atoms with Gasteiger partial charge in [-0.25, -0.2) is 0 Å². The topological polar surface area (TPSA) is 81.9 Å². The fourth-order valence-electron chi connectivity index (χ4n) is 2.42. The SMILES string of the molecule is Cc1cccc(C[C@@H](C(=O)Nc2ccccc2)c2nnn[n-]2)c1. The number of aromatic nitrogens is 4. The number of amides is 1. The van der Waals surface area contributed by atoms with Gasteiger partial charge in [-0.15, -0.1) is 0 Å². The van der Waals surface area contributed by atoms with E-state index < -0.39 is 5.92 Å². The van der Waals surface area contributed by atoms with Crippen molar-refractivity contribution in [2.75, 3.05) is 5.32 Å². The van der Waals surface area contributed by atoms with Crippen molar-refractivity contribution in [3.05, 3.63) is 71.5 Å². The zero-order chi connectivity index (χ0) is 16.1. The molecular weight excluding hydrogens is 290 g/mol. The van der Waals surface area contributed by atoms with Crippen LogP contribution in [-0.4, -0.2) is 21.4 Å². The molecule has 0 fully saturated rings. The summed E-state index contributed by atoms with van der Waals surface area (Å²) in [5.74, 6) is -0.376. The van der Waals surface area contributed by atoms with Crippen LogP contribution in [0.5, 0.6) is 0 Å². The molecule has 1 N–H and O–H groups in total. The lowest BCUT2D eigenvalue weighted by atomic mass is 9.96. The van der Waals surface area contributed by atoms with Gasteiger partial charge < -0.3 is 10.4 Å². The molecule has 0 saturated heterocycles. The van der Waals surface area contributed by atoms with E-state index in [4.69, 9.17) is 0 Å². The number of rotatable bonds is 5. The van der Waals surface area contributed by atoms with Gasteiger partial charge in [-0.1, -0.05) is 48.0 Å². The van der Waals surface area contributed by atoms with Crippen LogP contribution in [-0.2, 0) is 11.2 Å². The molecule has 116 valence electrons. The van der Waals surface area contributed by atoms with E-state index in [1.54, 1.807) is 0 Å². The van der Waals surface area contributed by atoms with E-state index >= 15 is 0 Å². The van der Waals surface area contributed by atoms with Crippen LogP contribution in [0.4, 0.5) is 5.69 Å². The number of anilines is 1. The Bertz CT molecular complexity index is 771. The minimum Gasteiger partial charge on any atom is -0.335 e. The highest BCUT2D eigenvalue weighted by Crippen LogP contribution is 2.20. The second-order valence-electron chi connectivity index (χ2n) is 5.34. The standard InChI is InChI=1S/C17H17N5O/c1-12-6-5-7-13(10-12)11-15(16-19-21-22-20-16)17(23)18-14-8-3-2-4-9-14/h2-10,15H,11H2,1H3,(H2,18,19,20,21,22,23)/p-1/t15-/m1/s1. The van der Waals surface area contributed by atoms with Gasteiger partial charge in [0.2, 0.25) is 5.91 Å². The smallest absolute Gasteiger partial charge is 0.232 e. The summed E-state index contributed by atoms with van der Waals surface area (Å²) >= 11 is 0. The first-order valence-electron chi connectivity index (χ1n) is 7.32. The second-order valence-corrected chi connectivity index (χ2v) is 5.34. The van der Waals surface area contributed by atoms with E-state index in [0.717, 1.165) is 16.8 Å². The lowest BCUT2D eigenvalue weighted by Crippen LogP contribution is -2.24. The minimum absolute atomic E-state index is 0.174. The highest BCUT2D eigenvalue weighted by molar-refractivity contribution is 5.95. The van der Waals surface area contributed by atoms with Crippen molar-refractivity contribution >= 4 is 11.6 Å². The Morgan fingerprint density at radius 1 is 1.17 bits per heavy atom. The number of nitrogens with zero attached hydrogens (tertiary/aromatic N) is 4. The van der Waals surface area contributed by atoms with Crippen LogP contribution >= 0.6 is 0 Å². The number of nitrogens with one attached hydrogen (secondary N) is 1. The maximum Gasteiger partial charge on any atom is 0.232 e. The highest BCUT2D eigenvalue weighted by atomic mass is 16.1. The van der Waals surface area contributed by atoms with E-state index in [9.17, 15) is 4.79 Å². The van der Waals surface area contributed by atoms with Crippen molar-refractivity contribution in [3.8, 4) is 0 Å². The molecule has 0 spiro atoms. The lowest BCUT2D eigenvalue weighted by molar-refractivity contribution is -0.117. The molecule has 3 aromatic rings. The first kappa shape index (κ1) is 14.9. The molecule has 6 heteroatoms. The van der Waals surface area contributed by atoms with Crippen LogP contribution in [0.15, 0.2) is 54.6 Å². The molecule has 2 aromatic carbocycles. The molecule has 0 saturated carbocycles. The van der Waals surface area contributed by atoms with Crippen LogP contribution in [0.2, 0.25) is 0 Å². The Morgan fingerprint density at radius 2 is 2.00 bits per heavy atom. The average molecular weight is 306 g/mol. The molecule has 6 nitrogen and oxygen atoms in total. The number of hydrogen-bond acceptors (Lipinski definition) is 4. The largest absolute Gasteiger partial charge is 0.335 e. The molecule has 23 heavy (non-hydrogen) atoms. The maximum atomic E-state index is 12.7. The van der Waals surface area contributed by atoms with Crippen molar-refractivity contribution < 1.29 is 4.79 Å². The third-order valence-electron chi connectivity index (χ3n) is 3.53. The van der Waals surface area contributed by atoms with Crippen molar-refractivity contribution in [2.45, 2.75) is 19.3 Å². The summed E-state index contributed by atoms with van der Waals surface area (Å²) < 4.78 is 0. The molecule has 0 aliphatic rings. The Morgan fingerprint density at radius 3 is 2.70 bits per heavy atom. The Balaban J connectivity index is 1.82. The summed E-state index contributed by atoms with van der Waals surface area (Å²) in [5.41, 5.74) is 2.92. The Labute approximate surface area is 133 Å². The fourth-order valence-corrected chi connectivity index (χ4v) is 2.42. The summed E-state index contributed by atoms with van der Waals surface area (Å²) in [6.07, 6.45) is 0.494. The number of carbonyl (C=O) groups excluding carboxylic acids is 1. The number of tetrazole rings is 1. The summed E-state index contributed by atoms with van der Waals surface area (Å²) in [4.78, 5) is 12.7. The van der Waals surface area contributed by atoms with Gasteiger partial charge in [0.05, 0.1) is 5.92 Å². The van der Waals surface area contributed by atoms with Gasteiger partial charge in [0.25, 0.3) is 0 Å². The molecule has 3 rings (SSSR count). The highest BCUT2D eigenvalue weighted by Gasteiger charge is 2.21. The molecule has 1 atom stereocenters. The average Bonchev–Trinajstić information content (AvgIpc) is 3.07. The lowest BCUT2D eigenvalue weighted by Gasteiger charge is -2.17. The molecule has 0 radical (unpaired) electrons. The van der Waals surface area contributed by atoms with Gasteiger partial charge in [0, 0.05) is 11.5 Å². The number of para-hydroxylation sites is 1. The molecule has 0 aliphatic heterocycles. The van der Waals surface area contributed by atoms with Crippen LogP contribution < -0.4 is 10.4 Å². The van der Waals surface area contributed by atoms with Crippen LogP contribution in [0.1, 0.15) is 22.9 Å². The minimum atomic E-state index is -0.535. The molecule has 0 unspecified atom stereocenters. The first-order valence-corrected chi connectivity index (χ1v) is 7.32. The van der Waals surface area contributed by atoms with E-state index in [1.165, 1.54) is 0 Å². The van der Waals surface area contributed by atoms with Gasteiger partial charge in [-0.05, 0) is 31.0 Å². The predicted octanol–water partition coefficient (Wildman–Crippen LogP) is 2.10. The Hall–Kier alpha value is -3.02. The van der Waals surface area contributed by atoms with Gasteiger partial charge in [0.15, 0.2) is 0 Å².